The topological polar surface area (TPSA) is 145 Å². The van der Waals surface area contributed by atoms with Crippen molar-refractivity contribution in [1.29, 1.82) is 0 Å². The molecule has 2 aliphatic heterocycles. The first-order chi connectivity index (χ1) is 23.4. The number of aromatic nitrogens is 3. The van der Waals surface area contributed by atoms with Crippen LogP contribution >= 0.6 is 11.6 Å². The molecule has 1 fully saturated rings. The van der Waals surface area contributed by atoms with Crippen LogP contribution in [-0.2, 0) is 33.6 Å². The summed E-state index contributed by atoms with van der Waals surface area (Å²) >= 11 is 6.92. The van der Waals surface area contributed by atoms with E-state index in [1.807, 2.05) is 30.7 Å². The Morgan fingerprint density at radius 3 is 2.47 bits per heavy atom. The number of nitrogens with zero attached hydrogens (tertiary/aromatic N) is 5. The zero-order valence-corrected chi connectivity index (χ0v) is 28.9. The summed E-state index contributed by atoms with van der Waals surface area (Å²) in [6.45, 7) is 7.33. The van der Waals surface area contributed by atoms with Crippen molar-refractivity contribution in [2.24, 2.45) is 14.1 Å². The SMILES string of the molecule is Cc1c(NC(=O)c2cc(CN3CC[C@@H](O)C3)cn(C)c2=O)cccc1-c1cccc(NC(=O)c2nc3c(n2C)CCN(CC(C)O)C3)c1Cl. The molecule has 49 heavy (non-hydrogen) atoms. The van der Waals surface area contributed by atoms with Gasteiger partial charge in [-0.15, -0.1) is 0 Å². The maximum atomic E-state index is 13.5. The lowest BCUT2D eigenvalue weighted by Gasteiger charge is -2.27. The molecular formula is C36H42ClN7O5. The quantitative estimate of drug-likeness (QED) is 0.209. The Kier molecular flexibility index (Phi) is 10.0. The van der Waals surface area contributed by atoms with Crippen LogP contribution in [0.4, 0.5) is 11.4 Å². The molecule has 2 aromatic carbocycles. The van der Waals surface area contributed by atoms with Crippen molar-refractivity contribution in [2.75, 3.05) is 36.8 Å². The molecule has 0 bridgehead atoms. The van der Waals surface area contributed by atoms with Crippen molar-refractivity contribution in [3.8, 4) is 11.1 Å². The van der Waals surface area contributed by atoms with Crippen LogP contribution in [0.15, 0.2) is 53.5 Å². The van der Waals surface area contributed by atoms with E-state index in [0.717, 1.165) is 47.6 Å². The highest BCUT2D eigenvalue weighted by molar-refractivity contribution is 6.36. The second-order valence-corrected chi connectivity index (χ2v) is 13.5. The lowest BCUT2D eigenvalue weighted by molar-refractivity contribution is 0.100. The second kappa shape index (κ2) is 14.3. The number of carbonyl (C=O) groups excluding carboxylic acids is 2. The number of hydrogen-bond donors (Lipinski definition) is 4. The van der Waals surface area contributed by atoms with Crippen LogP contribution in [0, 0.1) is 6.92 Å². The fourth-order valence-corrected chi connectivity index (χ4v) is 7.10. The molecule has 1 unspecified atom stereocenters. The van der Waals surface area contributed by atoms with Gasteiger partial charge >= 0.3 is 0 Å². The maximum Gasteiger partial charge on any atom is 0.291 e. The van der Waals surface area contributed by atoms with Crippen molar-refractivity contribution in [2.45, 2.75) is 52.0 Å². The van der Waals surface area contributed by atoms with Crippen molar-refractivity contribution >= 4 is 34.8 Å². The van der Waals surface area contributed by atoms with Gasteiger partial charge < -0.3 is 30.0 Å². The van der Waals surface area contributed by atoms with E-state index in [9.17, 15) is 24.6 Å². The Morgan fingerprint density at radius 1 is 1.04 bits per heavy atom. The molecular weight excluding hydrogens is 646 g/mol. The molecule has 2 amide bonds. The van der Waals surface area contributed by atoms with Gasteiger partial charge in [-0.3, -0.25) is 24.2 Å². The summed E-state index contributed by atoms with van der Waals surface area (Å²) in [5.41, 5.74) is 5.33. The average molecular weight is 688 g/mol. The van der Waals surface area contributed by atoms with Gasteiger partial charge in [0.1, 0.15) is 5.56 Å². The first-order valence-electron chi connectivity index (χ1n) is 16.5. The Morgan fingerprint density at radius 2 is 1.76 bits per heavy atom. The predicted octanol–water partition coefficient (Wildman–Crippen LogP) is 3.56. The van der Waals surface area contributed by atoms with E-state index in [-0.39, 0.29) is 23.4 Å². The second-order valence-electron chi connectivity index (χ2n) is 13.1. The number of imidazole rings is 1. The van der Waals surface area contributed by atoms with Gasteiger partial charge in [0.05, 0.1) is 28.6 Å². The number of aliphatic hydroxyl groups is 2. The fourth-order valence-electron chi connectivity index (χ4n) is 6.83. The average Bonchev–Trinajstić information content (AvgIpc) is 3.62. The van der Waals surface area contributed by atoms with Gasteiger partial charge in [-0.1, -0.05) is 35.9 Å². The number of nitrogens with one attached hydrogen (secondary N) is 2. The van der Waals surface area contributed by atoms with Crippen molar-refractivity contribution in [3.05, 3.63) is 97.9 Å². The third-order valence-corrected chi connectivity index (χ3v) is 9.72. The Bertz CT molecular complexity index is 1970. The molecule has 4 N–H and O–H groups in total. The number of likely N-dealkylation sites (tertiary alicyclic amines) is 1. The standard InChI is InChI=1S/C36H42ClN7O5/c1-21(45)16-43-14-12-31-30(20-43)38-33(42(31)4)35(48)40-29-10-6-8-26(32(29)37)25-7-5-9-28(22(25)2)39-34(47)27-15-23(17-41(3)36(27)49)18-44-13-11-24(46)19-44/h5-10,15,17,21,24,45-46H,11-14,16,18-20H2,1-4H3,(H,39,47)(H,40,48)/t21?,24-/m1/s1. The predicted molar refractivity (Wildman–Crippen MR) is 189 cm³/mol. The number of amides is 2. The van der Waals surface area contributed by atoms with E-state index in [0.29, 0.717) is 54.6 Å². The number of pyridine rings is 1. The normalized spacial score (nSPS) is 17.2. The van der Waals surface area contributed by atoms with E-state index < -0.39 is 17.6 Å². The number of β-amino-alcohol motifs (C(OH)–C–C–N with tert-alkyl or cyclic N) is 2. The van der Waals surface area contributed by atoms with Gasteiger partial charge in [-0.2, -0.15) is 0 Å². The summed E-state index contributed by atoms with van der Waals surface area (Å²) in [5, 5.41) is 25.9. The van der Waals surface area contributed by atoms with Crippen LogP contribution in [0.3, 0.4) is 0 Å². The van der Waals surface area contributed by atoms with Crippen molar-refractivity contribution in [3.63, 3.8) is 0 Å². The molecule has 4 aromatic rings. The number of halogens is 1. The van der Waals surface area contributed by atoms with Gasteiger partial charge in [-0.05, 0) is 55.2 Å². The highest BCUT2D eigenvalue weighted by Gasteiger charge is 2.27. The molecule has 1 saturated heterocycles. The maximum absolute atomic E-state index is 13.5. The summed E-state index contributed by atoms with van der Waals surface area (Å²) in [7, 11) is 3.45. The minimum atomic E-state index is -0.525. The number of benzene rings is 2. The Labute approximate surface area is 289 Å². The van der Waals surface area contributed by atoms with E-state index in [4.69, 9.17) is 11.6 Å². The molecule has 0 aliphatic carbocycles. The minimum absolute atomic E-state index is 0.0268. The third kappa shape index (κ3) is 7.34. The number of aliphatic hydroxyl groups excluding tert-OH is 2. The first kappa shape index (κ1) is 34.5. The summed E-state index contributed by atoms with van der Waals surface area (Å²) in [5.74, 6) is -0.636. The number of fused-ring (bicyclic) bond motifs is 1. The van der Waals surface area contributed by atoms with Gasteiger partial charge in [0, 0.05) is 82.9 Å². The lowest BCUT2D eigenvalue weighted by Crippen LogP contribution is -2.36. The Hall–Kier alpha value is -4.33. The lowest BCUT2D eigenvalue weighted by atomic mass is 9.98. The summed E-state index contributed by atoms with van der Waals surface area (Å²) < 4.78 is 3.23. The highest BCUT2D eigenvalue weighted by Crippen LogP contribution is 2.37. The number of anilines is 2. The number of rotatable bonds is 9. The van der Waals surface area contributed by atoms with Gasteiger partial charge in [0.25, 0.3) is 17.4 Å². The van der Waals surface area contributed by atoms with Crippen LogP contribution in [0.2, 0.25) is 5.02 Å². The van der Waals surface area contributed by atoms with Crippen LogP contribution in [0.1, 0.15) is 56.8 Å². The zero-order valence-electron chi connectivity index (χ0n) is 28.2. The van der Waals surface area contributed by atoms with E-state index in [1.54, 1.807) is 50.5 Å². The molecule has 0 saturated carbocycles. The third-order valence-electron chi connectivity index (χ3n) is 9.32. The summed E-state index contributed by atoms with van der Waals surface area (Å²) in [6, 6.07) is 12.4. The van der Waals surface area contributed by atoms with Crippen LogP contribution in [-0.4, -0.2) is 84.3 Å². The fraction of sp³-hybridized carbons (Fsp3) is 0.389. The van der Waals surface area contributed by atoms with Crippen LogP contribution < -0.4 is 16.2 Å². The molecule has 2 aliphatic rings. The summed E-state index contributed by atoms with van der Waals surface area (Å²) in [4.78, 5) is 48.8. The zero-order chi connectivity index (χ0) is 35.0. The van der Waals surface area contributed by atoms with E-state index >= 15 is 0 Å². The number of carbonyl (C=O) groups is 2. The smallest absolute Gasteiger partial charge is 0.291 e. The van der Waals surface area contributed by atoms with E-state index in [2.05, 4.69) is 25.4 Å². The van der Waals surface area contributed by atoms with Gasteiger partial charge in [0.2, 0.25) is 0 Å². The van der Waals surface area contributed by atoms with Crippen molar-refractivity contribution in [1.82, 2.24) is 23.9 Å². The molecule has 12 nitrogen and oxygen atoms in total. The van der Waals surface area contributed by atoms with Crippen LogP contribution in [0.25, 0.3) is 11.1 Å². The molecule has 4 heterocycles. The Balaban J connectivity index is 1.21. The number of hydrogen-bond acceptors (Lipinski definition) is 8. The molecule has 258 valence electrons. The molecule has 2 aromatic heterocycles. The largest absolute Gasteiger partial charge is 0.392 e. The van der Waals surface area contributed by atoms with Gasteiger partial charge in [0.15, 0.2) is 5.82 Å². The van der Waals surface area contributed by atoms with Crippen molar-refractivity contribution < 1.29 is 19.8 Å². The van der Waals surface area contributed by atoms with E-state index in [1.165, 1.54) is 4.57 Å². The van der Waals surface area contributed by atoms with Gasteiger partial charge in [-0.25, -0.2) is 4.98 Å². The molecule has 0 spiro atoms. The molecule has 6 rings (SSSR count). The molecule has 0 radical (unpaired) electrons. The van der Waals surface area contributed by atoms with Crippen LogP contribution in [0.5, 0.6) is 0 Å². The number of aryl methyl sites for hydroxylation is 1. The first-order valence-corrected chi connectivity index (χ1v) is 16.8. The molecule has 2 atom stereocenters. The summed E-state index contributed by atoms with van der Waals surface area (Å²) in [6.07, 6.45) is 2.33. The molecule has 13 heteroatoms. The highest BCUT2D eigenvalue weighted by atomic mass is 35.5. The minimum Gasteiger partial charge on any atom is -0.392 e. The monoisotopic (exact) mass is 687 g/mol.